The van der Waals surface area contributed by atoms with Crippen molar-refractivity contribution in [3.05, 3.63) is 152 Å². The molecule has 0 amide bonds. The Hall–Kier alpha value is -5.14. The molecular formula is C38H25N. The standard InChI is InChI=1S/C38H25N/c1-3-9-26(10-4-1)27-15-18-33(19-16-27)39(32-13-5-2-6-14-32)34-20-17-30-24-37-35-22-28-11-7-8-12-29(28)23-36(35)38(37)25-31(30)21-34/h1-25H. The largest absolute Gasteiger partial charge is 0.310 e. The molecule has 0 aliphatic heterocycles. The van der Waals surface area contributed by atoms with Crippen LogP contribution in [-0.4, -0.2) is 0 Å². The Labute approximate surface area is 228 Å². The number of hydrogen-bond donors (Lipinski definition) is 0. The van der Waals surface area contributed by atoms with Crippen LogP contribution >= 0.6 is 0 Å². The van der Waals surface area contributed by atoms with Crippen LogP contribution in [0.2, 0.25) is 0 Å². The first-order valence-corrected chi connectivity index (χ1v) is 13.4. The van der Waals surface area contributed by atoms with Gasteiger partial charge in [0.05, 0.1) is 0 Å². The van der Waals surface area contributed by atoms with E-state index in [-0.39, 0.29) is 0 Å². The summed E-state index contributed by atoms with van der Waals surface area (Å²) < 4.78 is 0. The molecule has 1 aliphatic carbocycles. The highest BCUT2D eigenvalue weighted by Crippen LogP contribution is 2.50. The van der Waals surface area contributed by atoms with Crippen molar-refractivity contribution in [1.82, 2.24) is 0 Å². The van der Waals surface area contributed by atoms with Crippen molar-refractivity contribution >= 4 is 38.6 Å². The van der Waals surface area contributed by atoms with Gasteiger partial charge in [-0.3, -0.25) is 0 Å². The summed E-state index contributed by atoms with van der Waals surface area (Å²) >= 11 is 0. The lowest BCUT2D eigenvalue weighted by Crippen LogP contribution is -2.09. The average molecular weight is 496 g/mol. The fourth-order valence-electron chi connectivity index (χ4n) is 5.95. The van der Waals surface area contributed by atoms with Gasteiger partial charge in [-0.2, -0.15) is 0 Å². The normalized spacial score (nSPS) is 11.6. The quantitative estimate of drug-likeness (QED) is 0.235. The predicted octanol–water partition coefficient (Wildman–Crippen LogP) is 10.8. The van der Waals surface area contributed by atoms with Crippen molar-refractivity contribution in [2.24, 2.45) is 0 Å². The first-order valence-electron chi connectivity index (χ1n) is 13.4. The van der Waals surface area contributed by atoms with E-state index in [2.05, 4.69) is 157 Å². The number of anilines is 3. The number of hydrogen-bond acceptors (Lipinski definition) is 1. The van der Waals surface area contributed by atoms with Gasteiger partial charge in [-0.1, -0.05) is 91.0 Å². The third-order valence-electron chi connectivity index (χ3n) is 7.93. The Morgan fingerprint density at radius 1 is 0.282 bits per heavy atom. The van der Waals surface area contributed by atoms with Crippen LogP contribution in [0.15, 0.2) is 152 Å². The molecule has 0 saturated heterocycles. The van der Waals surface area contributed by atoms with Gasteiger partial charge in [0.25, 0.3) is 0 Å². The second-order valence-corrected chi connectivity index (χ2v) is 10.3. The van der Waals surface area contributed by atoms with Gasteiger partial charge in [0.15, 0.2) is 0 Å². The van der Waals surface area contributed by atoms with Crippen molar-refractivity contribution in [3.63, 3.8) is 0 Å². The summed E-state index contributed by atoms with van der Waals surface area (Å²) in [7, 11) is 0. The maximum absolute atomic E-state index is 2.37. The minimum absolute atomic E-state index is 1.14. The minimum Gasteiger partial charge on any atom is -0.310 e. The maximum Gasteiger partial charge on any atom is 0.0468 e. The molecule has 0 heterocycles. The Morgan fingerprint density at radius 3 is 1.33 bits per heavy atom. The highest BCUT2D eigenvalue weighted by atomic mass is 15.1. The second-order valence-electron chi connectivity index (χ2n) is 10.3. The highest BCUT2D eigenvalue weighted by molar-refractivity contribution is 6.12. The van der Waals surface area contributed by atoms with Gasteiger partial charge >= 0.3 is 0 Å². The van der Waals surface area contributed by atoms with Crippen LogP contribution in [0.1, 0.15) is 0 Å². The molecule has 182 valence electrons. The van der Waals surface area contributed by atoms with E-state index in [1.807, 2.05) is 0 Å². The molecule has 8 rings (SSSR count). The molecule has 0 aromatic heterocycles. The van der Waals surface area contributed by atoms with Gasteiger partial charge in [-0.05, 0) is 116 Å². The second kappa shape index (κ2) is 8.72. The topological polar surface area (TPSA) is 3.24 Å². The summed E-state index contributed by atoms with van der Waals surface area (Å²) in [6.07, 6.45) is 0. The number of fused-ring (bicyclic) bond motifs is 6. The zero-order valence-corrected chi connectivity index (χ0v) is 21.4. The van der Waals surface area contributed by atoms with Gasteiger partial charge in [-0.15, -0.1) is 0 Å². The lowest BCUT2D eigenvalue weighted by molar-refractivity contribution is 1.29. The molecule has 0 saturated carbocycles. The Kier molecular flexibility index (Phi) is 4.89. The Bertz CT molecular complexity index is 1990. The molecular weight excluding hydrogens is 470 g/mol. The van der Waals surface area contributed by atoms with Crippen molar-refractivity contribution in [2.45, 2.75) is 0 Å². The Morgan fingerprint density at radius 2 is 0.718 bits per heavy atom. The summed E-state index contributed by atoms with van der Waals surface area (Å²) in [5.74, 6) is 0. The molecule has 39 heavy (non-hydrogen) atoms. The summed E-state index contributed by atoms with van der Waals surface area (Å²) in [6, 6.07) is 54.9. The van der Waals surface area contributed by atoms with E-state index in [1.165, 1.54) is 54.9 Å². The molecule has 1 nitrogen and oxygen atoms in total. The van der Waals surface area contributed by atoms with Crippen LogP contribution in [0.4, 0.5) is 17.1 Å². The first kappa shape index (κ1) is 21.9. The molecule has 0 fully saturated rings. The highest BCUT2D eigenvalue weighted by Gasteiger charge is 2.24. The lowest BCUT2D eigenvalue weighted by Gasteiger charge is -2.28. The number of benzene rings is 7. The Balaban J connectivity index is 1.23. The van der Waals surface area contributed by atoms with Gasteiger partial charge in [-0.25, -0.2) is 0 Å². The molecule has 1 aliphatic rings. The summed E-state index contributed by atoms with van der Waals surface area (Å²) in [5.41, 5.74) is 11.3. The molecule has 0 radical (unpaired) electrons. The van der Waals surface area contributed by atoms with Crippen LogP contribution in [0, 0.1) is 0 Å². The molecule has 0 atom stereocenters. The number of para-hydroxylation sites is 1. The molecule has 0 N–H and O–H groups in total. The fourth-order valence-corrected chi connectivity index (χ4v) is 5.95. The third-order valence-corrected chi connectivity index (χ3v) is 7.93. The minimum atomic E-state index is 1.14. The van der Waals surface area contributed by atoms with Gasteiger partial charge in [0.2, 0.25) is 0 Å². The number of nitrogens with zero attached hydrogens (tertiary/aromatic N) is 1. The summed E-state index contributed by atoms with van der Waals surface area (Å²) in [6.45, 7) is 0. The first-order chi connectivity index (χ1) is 19.3. The van der Waals surface area contributed by atoms with Crippen LogP contribution in [0.5, 0.6) is 0 Å². The van der Waals surface area contributed by atoms with Crippen LogP contribution in [0.25, 0.3) is 54.9 Å². The van der Waals surface area contributed by atoms with Gasteiger partial charge < -0.3 is 4.90 Å². The van der Waals surface area contributed by atoms with Crippen molar-refractivity contribution in [2.75, 3.05) is 4.90 Å². The van der Waals surface area contributed by atoms with Crippen LogP contribution < -0.4 is 4.90 Å². The van der Waals surface area contributed by atoms with E-state index in [4.69, 9.17) is 0 Å². The van der Waals surface area contributed by atoms with E-state index in [1.54, 1.807) is 0 Å². The van der Waals surface area contributed by atoms with E-state index in [0.717, 1.165) is 17.1 Å². The van der Waals surface area contributed by atoms with E-state index in [0.29, 0.717) is 0 Å². The fraction of sp³-hybridized carbons (Fsp3) is 0. The smallest absolute Gasteiger partial charge is 0.0468 e. The average Bonchev–Trinajstić information content (AvgIpc) is 3.01. The van der Waals surface area contributed by atoms with Crippen molar-refractivity contribution in [1.29, 1.82) is 0 Å². The van der Waals surface area contributed by atoms with E-state index >= 15 is 0 Å². The third kappa shape index (κ3) is 3.63. The van der Waals surface area contributed by atoms with Crippen molar-refractivity contribution in [3.8, 4) is 33.4 Å². The van der Waals surface area contributed by atoms with Crippen LogP contribution in [-0.2, 0) is 0 Å². The van der Waals surface area contributed by atoms with Gasteiger partial charge in [0, 0.05) is 17.1 Å². The molecule has 0 bridgehead atoms. The maximum atomic E-state index is 2.37. The lowest BCUT2D eigenvalue weighted by atomic mass is 9.78. The zero-order chi connectivity index (χ0) is 25.8. The molecule has 0 unspecified atom stereocenters. The van der Waals surface area contributed by atoms with Crippen molar-refractivity contribution < 1.29 is 0 Å². The molecule has 1 heteroatoms. The monoisotopic (exact) mass is 495 g/mol. The van der Waals surface area contributed by atoms with E-state index < -0.39 is 0 Å². The summed E-state index contributed by atoms with van der Waals surface area (Å²) in [5, 5.41) is 5.12. The zero-order valence-electron chi connectivity index (χ0n) is 21.4. The predicted molar refractivity (Wildman–Crippen MR) is 166 cm³/mol. The van der Waals surface area contributed by atoms with E-state index in [9.17, 15) is 0 Å². The van der Waals surface area contributed by atoms with Crippen LogP contribution in [0.3, 0.4) is 0 Å². The molecule has 7 aromatic carbocycles. The SMILES string of the molecule is c1ccc(-c2ccc(N(c3ccccc3)c3ccc4cc5c(cc4c3)-c3cc4ccccc4cc3-5)cc2)cc1. The molecule has 7 aromatic rings. The molecule has 0 spiro atoms. The number of rotatable bonds is 4. The summed E-state index contributed by atoms with van der Waals surface area (Å²) in [4.78, 5) is 2.34. The van der Waals surface area contributed by atoms with Gasteiger partial charge in [0.1, 0.15) is 0 Å².